The van der Waals surface area contributed by atoms with Gasteiger partial charge in [0.2, 0.25) is 0 Å². The number of phenolic OH excluding ortho intramolecular Hbond substituents is 1. The number of hydrogen-bond acceptors (Lipinski definition) is 5. The Morgan fingerprint density at radius 3 is 2.26 bits per heavy atom. The van der Waals surface area contributed by atoms with E-state index in [1.54, 1.807) is 42.5 Å². The highest BCUT2D eigenvalue weighted by atomic mass is 32.2. The number of aromatic carboxylic acids is 1. The number of carbonyl (C=O) groups excluding carboxylic acids is 1. The van der Waals surface area contributed by atoms with Gasteiger partial charge in [0.05, 0.1) is 5.56 Å². The van der Waals surface area contributed by atoms with Gasteiger partial charge in [-0.05, 0) is 71.8 Å². The van der Waals surface area contributed by atoms with Crippen LogP contribution in [-0.2, 0) is 11.4 Å². The first kappa shape index (κ1) is 23.8. The Morgan fingerprint density at radius 1 is 0.886 bits per heavy atom. The van der Waals surface area contributed by atoms with Gasteiger partial charge >= 0.3 is 5.97 Å². The molecule has 0 spiro atoms. The summed E-state index contributed by atoms with van der Waals surface area (Å²) in [4.78, 5) is 24.5. The number of rotatable bonds is 7. The summed E-state index contributed by atoms with van der Waals surface area (Å²) in [6.45, 7) is 0. The van der Waals surface area contributed by atoms with Crippen LogP contribution in [0.15, 0.2) is 95.9 Å². The van der Waals surface area contributed by atoms with E-state index in [9.17, 15) is 28.7 Å². The molecular formula is C26H19FN2O5S. The molecule has 35 heavy (non-hydrogen) atoms. The molecule has 7 nitrogen and oxygen atoms in total. The predicted molar refractivity (Wildman–Crippen MR) is 131 cm³/mol. The van der Waals surface area contributed by atoms with Crippen LogP contribution in [0.1, 0.15) is 20.7 Å². The largest absolute Gasteiger partial charge is 0.588 e. The molecular weight excluding hydrogens is 471 g/mol. The average Bonchev–Trinajstić information content (AvgIpc) is 2.86. The number of anilines is 2. The number of aromatic hydroxyl groups is 1. The SMILES string of the molecule is O=C(Nc1ccc(O)c(N[S+]([O-])c2ccc(F)cc2)c1)c1ccc(-c2ccccc2C(=O)O)cc1. The molecule has 0 aliphatic carbocycles. The fourth-order valence-corrected chi connectivity index (χ4v) is 4.20. The van der Waals surface area contributed by atoms with Crippen molar-refractivity contribution in [2.75, 3.05) is 10.0 Å². The quantitative estimate of drug-likeness (QED) is 0.159. The molecule has 4 rings (SSSR count). The highest BCUT2D eigenvalue weighted by molar-refractivity contribution is 7.92. The van der Waals surface area contributed by atoms with Gasteiger partial charge in [-0.2, -0.15) is 4.72 Å². The molecule has 0 aromatic heterocycles. The molecule has 1 amide bonds. The number of carboxylic acid groups (broad SMARTS) is 1. The lowest BCUT2D eigenvalue weighted by Crippen LogP contribution is -2.14. The van der Waals surface area contributed by atoms with Gasteiger partial charge in [0.15, 0.2) is 4.90 Å². The molecule has 4 N–H and O–H groups in total. The first-order valence-corrected chi connectivity index (χ1v) is 11.5. The second-order valence-electron chi connectivity index (χ2n) is 7.44. The van der Waals surface area contributed by atoms with Gasteiger partial charge in [-0.1, -0.05) is 30.3 Å². The summed E-state index contributed by atoms with van der Waals surface area (Å²) < 4.78 is 28.2. The first-order valence-electron chi connectivity index (χ1n) is 10.3. The molecule has 4 aromatic carbocycles. The molecule has 0 heterocycles. The Hall–Kier alpha value is -4.34. The van der Waals surface area contributed by atoms with Crippen LogP contribution in [0.3, 0.4) is 0 Å². The van der Waals surface area contributed by atoms with Crippen molar-refractivity contribution in [2.24, 2.45) is 0 Å². The number of hydrogen-bond donors (Lipinski definition) is 4. The van der Waals surface area contributed by atoms with Crippen molar-refractivity contribution >= 4 is 34.6 Å². The lowest BCUT2D eigenvalue weighted by molar-refractivity contribution is 0.0697. The third-order valence-corrected chi connectivity index (χ3v) is 6.21. The molecule has 0 aliphatic heterocycles. The topological polar surface area (TPSA) is 122 Å². The van der Waals surface area contributed by atoms with Crippen LogP contribution in [0.2, 0.25) is 0 Å². The summed E-state index contributed by atoms with van der Waals surface area (Å²) in [5.74, 6) is -2.11. The predicted octanol–water partition coefficient (Wildman–Crippen LogP) is 5.28. The van der Waals surface area contributed by atoms with Crippen LogP contribution in [0.5, 0.6) is 5.75 Å². The van der Waals surface area contributed by atoms with E-state index in [0.29, 0.717) is 27.3 Å². The number of benzene rings is 4. The lowest BCUT2D eigenvalue weighted by atomic mass is 9.98. The van der Waals surface area contributed by atoms with Gasteiger partial charge in [0.25, 0.3) is 5.91 Å². The summed E-state index contributed by atoms with van der Waals surface area (Å²) in [7, 11) is 0. The number of carboxylic acids is 1. The summed E-state index contributed by atoms with van der Waals surface area (Å²) >= 11 is -1.77. The van der Waals surface area contributed by atoms with Crippen molar-refractivity contribution in [1.82, 2.24) is 0 Å². The van der Waals surface area contributed by atoms with E-state index in [4.69, 9.17) is 0 Å². The van der Waals surface area contributed by atoms with Crippen molar-refractivity contribution in [3.63, 3.8) is 0 Å². The van der Waals surface area contributed by atoms with Gasteiger partial charge in [0.1, 0.15) is 28.6 Å². The van der Waals surface area contributed by atoms with E-state index in [0.717, 1.165) is 0 Å². The zero-order chi connectivity index (χ0) is 24.9. The monoisotopic (exact) mass is 490 g/mol. The van der Waals surface area contributed by atoms with Crippen molar-refractivity contribution < 1.29 is 28.7 Å². The van der Waals surface area contributed by atoms with Crippen molar-refractivity contribution in [2.45, 2.75) is 4.90 Å². The Kier molecular flexibility index (Phi) is 7.00. The molecule has 0 saturated carbocycles. The van der Waals surface area contributed by atoms with Gasteiger partial charge in [0, 0.05) is 11.3 Å². The van der Waals surface area contributed by atoms with Crippen molar-refractivity contribution in [1.29, 1.82) is 0 Å². The fraction of sp³-hybridized carbons (Fsp3) is 0. The van der Waals surface area contributed by atoms with Crippen LogP contribution >= 0.6 is 0 Å². The molecule has 1 atom stereocenters. The fourth-order valence-electron chi connectivity index (χ4n) is 3.34. The van der Waals surface area contributed by atoms with Crippen LogP contribution in [0.4, 0.5) is 15.8 Å². The molecule has 176 valence electrons. The van der Waals surface area contributed by atoms with E-state index >= 15 is 0 Å². The molecule has 1 unspecified atom stereocenters. The number of carbonyl (C=O) groups is 2. The zero-order valence-corrected chi connectivity index (χ0v) is 18.9. The molecule has 4 aromatic rings. The Balaban J connectivity index is 1.48. The van der Waals surface area contributed by atoms with Crippen molar-refractivity contribution in [3.05, 3.63) is 108 Å². The highest BCUT2D eigenvalue weighted by Gasteiger charge is 2.16. The Bertz CT molecular complexity index is 1380. The summed E-state index contributed by atoms with van der Waals surface area (Å²) in [5.41, 5.74) is 2.14. The lowest BCUT2D eigenvalue weighted by Gasteiger charge is -2.14. The second-order valence-corrected chi connectivity index (χ2v) is 8.65. The van der Waals surface area contributed by atoms with E-state index in [1.807, 2.05) is 0 Å². The molecule has 9 heteroatoms. The van der Waals surface area contributed by atoms with Crippen molar-refractivity contribution in [3.8, 4) is 16.9 Å². The van der Waals surface area contributed by atoms with Gasteiger partial charge < -0.3 is 20.1 Å². The van der Waals surface area contributed by atoms with E-state index in [-0.39, 0.29) is 17.0 Å². The standard InChI is InChI=1S/C26H19FN2O5S/c27-18-9-12-20(13-10-18)35(34)29-23-15-19(11-14-24(23)30)28-25(31)17-7-5-16(6-8-17)21-3-1-2-4-22(21)26(32)33/h1-15,29-30H,(H,28,31)(H,32,33). The number of amides is 1. The molecule has 0 bridgehead atoms. The molecule has 0 saturated heterocycles. The third kappa shape index (κ3) is 5.60. The highest BCUT2D eigenvalue weighted by Crippen LogP contribution is 2.30. The normalized spacial score (nSPS) is 11.5. The van der Waals surface area contributed by atoms with Gasteiger partial charge in [-0.25, -0.2) is 9.18 Å². The van der Waals surface area contributed by atoms with Crippen LogP contribution in [0.25, 0.3) is 11.1 Å². The molecule has 0 radical (unpaired) electrons. The van der Waals surface area contributed by atoms with E-state index < -0.39 is 29.1 Å². The maximum Gasteiger partial charge on any atom is 0.336 e. The minimum absolute atomic E-state index is 0.117. The van der Waals surface area contributed by atoms with Gasteiger partial charge in [-0.15, -0.1) is 0 Å². The van der Waals surface area contributed by atoms with Crippen LogP contribution < -0.4 is 10.0 Å². The Morgan fingerprint density at radius 2 is 1.57 bits per heavy atom. The smallest absolute Gasteiger partial charge is 0.336 e. The average molecular weight is 491 g/mol. The van der Waals surface area contributed by atoms with Crippen LogP contribution in [0, 0.1) is 5.82 Å². The maximum absolute atomic E-state index is 13.1. The Labute approximate surface area is 203 Å². The minimum Gasteiger partial charge on any atom is -0.588 e. The van der Waals surface area contributed by atoms with Crippen LogP contribution in [-0.4, -0.2) is 26.6 Å². The zero-order valence-electron chi connectivity index (χ0n) is 18.1. The van der Waals surface area contributed by atoms with Gasteiger partial charge in [-0.3, -0.25) is 4.79 Å². The molecule has 0 fully saturated rings. The molecule has 0 aliphatic rings. The minimum atomic E-state index is -1.77. The number of halogens is 1. The summed E-state index contributed by atoms with van der Waals surface area (Å²) in [6.07, 6.45) is 0. The number of phenols is 1. The maximum atomic E-state index is 13.1. The summed E-state index contributed by atoms with van der Waals surface area (Å²) in [6, 6.07) is 22.4. The summed E-state index contributed by atoms with van der Waals surface area (Å²) in [5, 5.41) is 22.2. The third-order valence-electron chi connectivity index (χ3n) is 5.10. The first-order chi connectivity index (χ1) is 16.8. The van der Waals surface area contributed by atoms with E-state index in [2.05, 4.69) is 10.0 Å². The second kappa shape index (κ2) is 10.3. The van der Waals surface area contributed by atoms with E-state index in [1.165, 1.54) is 48.5 Å². The number of nitrogens with one attached hydrogen (secondary N) is 2.